The van der Waals surface area contributed by atoms with E-state index in [1.807, 2.05) is 6.92 Å². The molecule has 0 aliphatic heterocycles. The Morgan fingerprint density at radius 1 is 1.47 bits per heavy atom. The van der Waals surface area contributed by atoms with Crippen LogP contribution in [0.1, 0.15) is 25.6 Å². The average molecular weight is 221 g/mol. The van der Waals surface area contributed by atoms with Crippen molar-refractivity contribution in [1.29, 1.82) is 0 Å². The van der Waals surface area contributed by atoms with Gasteiger partial charge in [-0.2, -0.15) is 18.3 Å². The van der Waals surface area contributed by atoms with Crippen LogP contribution in [0.25, 0.3) is 0 Å². The maximum Gasteiger partial charge on any atom is 0.435 e. The van der Waals surface area contributed by atoms with Crippen molar-refractivity contribution in [3.8, 4) is 0 Å². The SMILES string of the molecule is CC(CN)C(C)n1ccc(C(F)(F)F)n1. The second kappa shape index (κ2) is 4.22. The van der Waals surface area contributed by atoms with Crippen LogP contribution in [0.3, 0.4) is 0 Å². The van der Waals surface area contributed by atoms with Gasteiger partial charge >= 0.3 is 6.18 Å². The molecule has 0 fully saturated rings. The van der Waals surface area contributed by atoms with Crippen molar-refractivity contribution in [3.63, 3.8) is 0 Å². The van der Waals surface area contributed by atoms with Crippen LogP contribution in [0.15, 0.2) is 12.3 Å². The summed E-state index contributed by atoms with van der Waals surface area (Å²) in [6, 6.07) is 0.839. The first-order chi connectivity index (χ1) is 6.86. The lowest BCUT2D eigenvalue weighted by Crippen LogP contribution is -2.22. The quantitative estimate of drug-likeness (QED) is 0.849. The molecule has 6 heteroatoms. The fourth-order valence-corrected chi connectivity index (χ4v) is 1.17. The van der Waals surface area contributed by atoms with Gasteiger partial charge in [-0.15, -0.1) is 0 Å². The van der Waals surface area contributed by atoms with Gasteiger partial charge in [-0.1, -0.05) is 6.92 Å². The Kier molecular flexibility index (Phi) is 3.38. The summed E-state index contributed by atoms with van der Waals surface area (Å²) in [5.74, 6) is 0.0889. The van der Waals surface area contributed by atoms with E-state index in [2.05, 4.69) is 5.10 Å². The van der Waals surface area contributed by atoms with Crippen LogP contribution in [-0.2, 0) is 6.18 Å². The molecule has 0 saturated carbocycles. The molecule has 86 valence electrons. The maximum atomic E-state index is 12.2. The highest BCUT2D eigenvalue weighted by Gasteiger charge is 2.34. The lowest BCUT2D eigenvalue weighted by atomic mass is 10.1. The molecule has 0 radical (unpaired) electrons. The van der Waals surface area contributed by atoms with Crippen LogP contribution < -0.4 is 5.73 Å². The number of alkyl halides is 3. The minimum Gasteiger partial charge on any atom is -0.330 e. The van der Waals surface area contributed by atoms with Crippen molar-refractivity contribution in [1.82, 2.24) is 9.78 Å². The van der Waals surface area contributed by atoms with Crippen LogP contribution in [-0.4, -0.2) is 16.3 Å². The number of nitrogens with two attached hydrogens (primary N) is 1. The number of hydrogen-bond acceptors (Lipinski definition) is 2. The van der Waals surface area contributed by atoms with E-state index >= 15 is 0 Å². The summed E-state index contributed by atoms with van der Waals surface area (Å²) in [7, 11) is 0. The van der Waals surface area contributed by atoms with Gasteiger partial charge in [0.05, 0.1) is 6.04 Å². The van der Waals surface area contributed by atoms with E-state index in [1.165, 1.54) is 10.9 Å². The highest BCUT2D eigenvalue weighted by molar-refractivity contribution is 5.03. The van der Waals surface area contributed by atoms with Crippen LogP contribution in [0.2, 0.25) is 0 Å². The normalized spacial score (nSPS) is 16.4. The second-order valence-corrected chi connectivity index (χ2v) is 3.63. The molecule has 1 aromatic rings. The molecule has 0 bridgehead atoms. The summed E-state index contributed by atoms with van der Waals surface area (Å²) in [5.41, 5.74) is 4.58. The third kappa shape index (κ3) is 2.71. The highest BCUT2D eigenvalue weighted by atomic mass is 19.4. The maximum absolute atomic E-state index is 12.2. The van der Waals surface area contributed by atoms with Crippen molar-refractivity contribution in [2.45, 2.75) is 26.1 Å². The molecule has 0 aromatic carbocycles. The first-order valence-electron chi connectivity index (χ1n) is 4.68. The van der Waals surface area contributed by atoms with Gasteiger partial charge in [0.25, 0.3) is 0 Å². The average Bonchev–Trinajstić information content (AvgIpc) is 2.63. The van der Waals surface area contributed by atoms with Gasteiger partial charge in [0.15, 0.2) is 5.69 Å². The predicted octanol–water partition coefficient (Wildman–Crippen LogP) is 2.06. The van der Waals surface area contributed by atoms with Crippen LogP contribution >= 0.6 is 0 Å². The molecule has 0 spiro atoms. The third-order valence-electron chi connectivity index (χ3n) is 2.51. The number of hydrogen-bond donors (Lipinski definition) is 1. The number of aromatic nitrogens is 2. The van der Waals surface area contributed by atoms with Crippen molar-refractivity contribution in [3.05, 3.63) is 18.0 Å². The number of halogens is 3. The van der Waals surface area contributed by atoms with Crippen molar-refractivity contribution >= 4 is 0 Å². The standard InChI is InChI=1S/C9H14F3N3/c1-6(5-13)7(2)15-4-3-8(14-15)9(10,11)12/h3-4,6-7H,5,13H2,1-2H3. The first-order valence-corrected chi connectivity index (χ1v) is 4.68. The van der Waals surface area contributed by atoms with Gasteiger partial charge in [0, 0.05) is 6.20 Å². The van der Waals surface area contributed by atoms with E-state index in [-0.39, 0.29) is 12.0 Å². The minimum absolute atomic E-state index is 0.0889. The van der Waals surface area contributed by atoms with Gasteiger partial charge in [0.1, 0.15) is 0 Å². The van der Waals surface area contributed by atoms with Gasteiger partial charge in [0.2, 0.25) is 0 Å². The highest BCUT2D eigenvalue weighted by Crippen LogP contribution is 2.28. The Balaban J connectivity index is 2.85. The van der Waals surface area contributed by atoms with Gasteiger partial charge in [-0.05, 0) is 25.5 Å². The fraction of sp³-hybridized carbons (Fsp3) is 0.667. The zero-order chi connectivity index (χ0) is 11.6. The molecule has 2 N–H and O–H groups in total. The molecule has 1 rings (SSSR count). The van der Waals surface area contributed by atoms with Crippen molar-refractivity contribution in [2.75, 3.05) is 6.54 Å². The molecule has 15 heavy (non-hydrogen) atoms. The van der Waals surface area contributed by atoms with Crippen molar-refractivity contribution in [2.24, 2.45) is 11.7 Å². The Labute approximate surface area is 86.1 Å². The minimum atomic E-state index is -4.38. The smallest absolute Gasteiger partial charge is 0.330 e. The summed E-state index contributed by atoms with van der Waals surface area (Å²) < 4.78 is 38.0. The lowest BCUT2D eigenvalue weighted by molar-refractivity contribution is -0.141. The van der Waals surface area contributed by atoms with Gasteiger partial charge < -0.3 is 5.73 Å². The van der Waals surface area contributed by atoms with E-state index in [9.17, 15) is 13.2 Å². The summed E-state index contributed by atoms with van der Waals surface area (Å²) in [6.45, 7) is 4.09. The van der Waals surface area contributed by atoms with E-state index in [0.29, 0.717) is 6.54 Å². The number of nitrogens with zero attached hydrogens (tertiary/aromatic N) is 2. The topological polar surface area (TPSA) is 43.8 Å². The summed E-state index contributed by atoms with van der Waals surface area (Å²) in [5, 5.41) is 3.49. The molecule has 1 heterocycles. The molecule has 3 nitrogen and oxygen atoms in total. The van der Waals surface area contributed by atoms with Crippen LogP contribution in [0.5, 0.6) is 0 Å². The monoisotopic (exact) mass is 221 g/mol. The van der Waals surface area contributed by atoms with Gasteiger partial charge in [-0.25, -0.2) is 0 Å². The lowest BCUT2D eigenvalue weighted by Gasteiger charge is -2.18. The number of rotatable bonds is 3. The molecule has 1 aromatic heterocycles. The third-order valence-corrected chi connectivity index (χ3v) is 2.51. The summed E-state index contributed by atoms with van der Waals surface area (Å²) in [6.07, 6.45) is -3.05. The molecule has 0 aliphatic rings. The van der Waals surface area contributed by atoms with E-state index in [1.54, 1.807) is 6.92 Å². The van der Waals surface area contributed by atoms with Crippen LogP contribution in [0, 0.1) is 5.92 Å². The van der Waals surface area contributed by atoms with E-state index < -0.39 is 11.9 Å². The van der Waals surface area contributed by atoms with E-state index in [4.69, 9.17) is 5.73 Å². The zero-order valence-corrected chi connectivity index (χ0v) is 8.62. The fourth-order valence-electron chi connectivity index (χ4n) is 1.17. The van der Waals surface area contributed by atoms with E-state index in [0.717, 1.165) is 6.07 Å². The van der Waals surface area contributed by atoms with Crippen LogP contribution in [0.4, 0.5) is 13.2 Å². The molecule has 0 saturated heterocycles. The molecule has 0 aliphatic carbocycles. The molecule has 0 amide bonds. The Hall–Kier alpha value is -1.04. The molecule has 2 atom stereocenters. The Bertz CT molecular complexity index is 319. The summed E-state index contributed by atoms with van der Waals surface area (Å²) in [4.78, 5) is 0. The largest absolute Gasteiger partial charge is 0.435 e. The molecular weight excluding hydrogens is 207 g/mol. The second-order valence-electron chi connectivity index (χ2n) is 3.63. The molecule has 2 unspecified atom stereocenters. The van der Waals surface area contributed by atoms with Gasteiger partial charge in [-0.3, -0.25) is 4.68 Å². The summed E-state index contributed by atoms with van der Waals surface area (Å²) >= 11 is 0. The Morgan fingerprint density at radius 3 is 2.47 bits per heavy atom. The zero-order valence-electron chi connectivity index (χ0n) is 8.62. The Morgan fingerprint density at radius 2 is 2.07 bits per heavy atom. The van der Waals surface area contributed by atoms with Crippen molar-refractivity contribution < 1.29 is 13.2 Å². The predicted molar refractivity (Wildman–Crippen MR) is 50.2 cm³/mol. The first kappa shape index (κ1) is 12.0. The molecular formula is C9H14F3N3.